The van der Waals surface area contributed by atoms with Crippen molar-refractivity contribution in [2.75, 3.05) is 0 Å². The van der Waals surface area contributed by atoms with Crippen LogP contribution in [0.2, 0.25) is 13.1 Å². The van der Waals surface area contributed by atoms with Crippen molar-refractivity contribution < 1.29 is 0 Å². The van der Waals surface area contributed by atoms with Crippen LogP contribution in [0, 0.1) is 6.92 Å². The lowest BCUT2D eigenvalue weighted by Crippen LogP contribution is -2.54. The zero-order chi connectivity index (χ0) is 48.3. The largest absolute Gasteiger partial charge is 0.295 e. The SMILES string of the molecule is Cc1ccc([Si](C)(C)c2ccccc2-n2c3ccccc3c3c4ccccc4n(-c4ccccc4)c32)cc1.c1ccc(-n2c3ccccc3c3c4ccccc4n(-c4ccccc4-c4ncccn4)c32)cc1. The first-order valence-corrected chi connectivity index (χ1v) is 27.7. The summed E-state index contributed by atoms with van der Waals surface area (Å²) in [5, 5.41) is 10.5. The quantitative estimate of drug-likeness (QED) is 0.149. The van der Waals surface area contributed by atoms with Gasteiger partial charge in [0.15, 0.2) is 5.82 Å². The van der Waals surface area contributed by atoms with Gasteiger partial charge in [-0.2, -0.15) is 0 Å². The van der Waals surface area contributed by atoms with Gasteiger partial charge >= 0.3 is 0 Å². The molecular formula is C65H50N6Si. The zero-order valence-electron chi connectivity index (χ0n) is 40.4. The van der Waals surface area contributed by atoms with Gasteiger partial charge in [-0.25, -0.2) is 9.97 Å². The van der Waals surface area contributed by atoms with E-state index in [0.29, 0.717) is 5.82 Å². The second-order valence-corrected chi connectivity index (χ2v) is 23.4. The highest BCUT2D eigenvalue weighted by Crippen LogP contribution is 2.43. The molecule has 0 unspecified atom stereocenters. The second kappa shape index (κ2) is 17.4. The van der Waals surface area contributed by atoms with E-state index >= 15 is 0 Å². The summed E-state index contributed by atoms with van der Waals surface area (Å²) in [5.74, 6) is 0.714. The van der Waals surface area contributed by atoms with E-state index in [4.69, 9.17) is 0 Å². The number of nitrogens with zero attached hydrogens (tertiary/aromatic N) is 6. The van der Waals surface area contributed by atoms with Gasteiger partial charge in [0.1, 0.15) is 19.4 Å². The van der Waals surface area contributed by atoms with Gasteiger partial charge in [-0.05, 0) is 84.9 Å². The number of para-hydroxylation sites is 8. The lowest BCUT2D eigenvalue weighted by Gasteiger charge is -2.27. The molecular weight excluding hydrogens is 893 g/mol. The van der Waals surface area contributed by atoms with Crippen LogP contribution in [0.25, 0.3) is 99.8 Å². The summed E-state index contributed by atoms with van der Waals surface area (Å²) in [4.78, 5) is 9.14. The number of fused-ring (bicyclic) bond motifs is 10. The minimum absolute atomic E-state index is 0.714. The first-order chi connectivity index (χ1) is 35.5. The maximum atomic E-state index is 4.57. The summed E-state index contributed by atoms with van der Waals surface area (Å²) >= 11 is 0. The lowest BCUT2D eigenvalue weighted by molar-refractivity contribution is 1.06. The summed E-state index contributed by atoms with van der Waals surface area (Å²) in [5.41, 5.74) is 14.1. The molecule has 7 heteroatoms. The number of rotatable bonds is 7. The monoisotopic (exact) mass is 942 g/mol. The van der Waals surface area contributed by atoms with Gasteiger partial charge in [0, 0.05) is 67.3 Å². The number of hydrogen-bond acceptors (Lipinski definition) is 2. The fourth-order valence-electron chi connectivity index (χ4n) is 11.2. The molecule has 0 aliphatic rings. The van der Waals surface area contributed by atoms with Gasteiger partial charge in [0.2, 0.25) is 0 Å². The van der Waals surface area contributed by atoms with Crippen molar-refractivity contribution >= 4 is 84.1 Å². The second-order valence-electron chi connectivity index (χ2n) is 19.1. The standard InChI is InChI=1S/C35H30N2Si.C30H20N4/c1-25-21-23-27(24-22-25)38(2,3)33-20-12-11-19-32(33)37-31-18-10-8-16-29(31)34-28-15-7-9-17-30(28)36(35(34)37)26-13-5-4-6-14-26;1-2-11-21(12-3-1)33-25-16-7-4-13-22(25)28-23-14-5-8-17-26(23)34(30(28)33)27-18-9-6-15-24(27)29-31-19-10-20-32-29/h4-24H,1-3H3;1-20H. The third-order valence-electron chi connectivity index (χ3n) is 14.5. The van der Waals surface area contributed by atoms with Gasteiger partial charge in [0.05, 0.1) is 27.8 Å². The first-order valence-electron chi connectivity index (χ1n) is 24.7. The van der Waals surface area contributed by atoms with Crippen LogP contribution in [0.1, 0.15) is 5.56 Å². The molecule has 6 nitrogen and oxygen atoms in total. The highest BCUT2D eigenvalue weighted by molar-refractivity contribution is 7.01. The minimum atomic E-state index is -2.02. The molecule has 344 valence electrons. The molecule has 9 aromatic carbocycles. The summed E-state index contributed by atoms with van der Waals surface area (Å²) in [6.07, 6.45) is 3.59. The fraction of sp³-hybridized carbons (Fsp3) is 0.0462. The first kappa shape index (κ1) is 43.0. The fourth-order valence-corrected chi connectivity index (χ4v) is 13.8. The Morgan fingerprint density at radius 2 is 0.736 bits per heavy atom. The molecule has 0 spiro atoms. The number of benzene rings is 9. The van der Waals surface area contributed by atoms with E-state index in [2.05, 4.69) is 273 Å². The minimum Gasteiger partial charge on any atom is -0.295 e. The molecule has 0 N–H and O–H groups in total. The third-order valence-corrected chi connectivity index (χ3v) is 18.1. The molecule has 0 fully saturated rings. The van der Waals surface area contributed by atoms with Gasteiger partial charge < -0.3 is 0 Å². The van der Waals surface area contributed by atoms with Crippen molar-refractivity contribution in [2.24, 2.45) is 0 Å². The normalized spacial score (nSPS) is 11.8. The van der Waals surface area contributed by atoms with E-state index < -0.39 is 8.07 Å². The molecule has 14 rings (SSSR count). The molecule has 0 aliphatic carbocycles. The molecule has 0 atom stereocenters. The van der Waals surface area contributed by atoms with Gasteiger partial charge in [-0.15, -0.1) is 0 Å². The maximum absolute atomic E-state index is 4.57. The highest BCUT2D eigenvalue weighted by Gasteiger charge is 2.31. The van der Waals surface area contributed by atoms with Gasteiger partial charge in [-0.3, -0.25) is 18.3 Å². The Balaban J connectivity index is 0.000000141. The summed E-state index contributed by atoms with van der Waals surface area (Å²) in [6, 6.07) is 84.8. The number of aromatic nitrogens is 6. The Hall–Kier alpha value is -9.04. The van der Waals surface area contributed by atoms with Crippen LogP contribution >= 0.6 is 0 Å². The van der Waals surface area contributed by atoms with Crippen LogP contribution in [0.5, 0.6) is 0 Å². The Kier molecular flexibility index (Phi) is 10.4. The van der Waals surface area contributed by atoms with Crippen molar-refractivity contribution in [3.8, 4) is 34.1 Å². The lowest BCUT2D eigenvalue weighted by atomic mass is 10.1. The Morgan fingerprint density at radius 3 is 1.24 bits per heavy atom. The number of aryl methyl sites for hydroxylation is 1. The van der Waals surface area contributed by atoms with E-state index in [9.17, 15) is 0 Å². The molecule has 0 amide bonds. The van der Waals surface area contributed by atoms with Crippen LogP contribution in [0.3, 0.4) is 0 Å². The van der Waals surface area contributed by atoms with Gasteiger partial charge in [0.25, 0.3) is 0 Å². The molecule has 0 bridgehead atoms. The molecule has 5 aromatic heterocycles. The van der Waals surface area contributed by atoms with E-state index in [1.165, 1.54) is 81.8 Å². The average molecular weight is 943 g/mol. The van der Waals surface area contributed by atoms with E-state index in [-0.39, 0.29) is 0 Å². The van der Waals surface area contributed by atoms with Crippen molar-refractivity contribution in [3.05, 3.63) is 255 Å². The zero-order valence-corrected chi connectivity index (χ0v) is 41.4. The smallest absolute Gasteiger partial charge is 0.161 e. The summed E-state index contributed by atoms with van der Waals surface area (Å²) in [7, 11) is -2.02. The van der Waals surface area contributed by atoms with Crippen molar-refractivity contribution in [3.63, 3.8) is 0 Å². The molecule has 0 saturated heterocycles. The highest BCUT2D eigenvalue weighted by atomic mass is 28.3. The van der Waals surface area contributed by atoms with E-state index in [1.54, 1.807) is 12.4 Å². The molecule has 14 aromatic rings. The van der Waals surface area contributed by atoms with Crippen LogP contribution in [0.4, 0.5) is 0 Å². The molecule has 0 aliphatic heterocycles. The van der Waals surface area contributed by atoms with Crippen LogP contribution in [0.15, 0.2) is 249 Å². The predicted molar refractivity (Wildman–Crippen MR) is 304 cm³/mol. The molecule has 0 saturated carbocycles. The molecule has 72 heavy (non-hydrogen) atoms. The maximum Gasteiger partial charge on any atom is 0.161 e. The Bertz CT molecular complexity index is 4300. The predicted octanol–water partition coefficient (Wildman–Crippen LogP) is 15.0. The Morgan fingerprint density at radius 1 is 0.347 bits per heavy atom. The van der Waals surface area contributed by atoms with E-state index in [0.717, 1.165) is 28.1 Å². The van der Waals surface area contributed by atoms with Crippen LogP contribution in [-0.4, -0.2) is 36.3 Å². The topological polar surface area (TPSA) is 45.5 Å². The Labute approximate surface area is 419 Å². The van der Waals surface area contributed by atoms with Crippen molar-refractivity contribution in [1.82, 2.24) is 28.2 Å². The third kappa shape index (κ3) is 6.84. The van der Waals surface area contributed by atoms with Crippen LogP contribution in [-0.2, 0) is 0 Å². The summed E-state index contributed by atoms with van der Waals surface area (Å²) < 4.78 is 9.70. The van der Waals surface area contributed by atoms with Gasteiger partial charge in [-0.1, -0.05) is 188 Å². The van der Waals surface area contributed by atoms with Crippen molar-refractivity contribution in [1.29, 1.82) is 0 Å². The van der Waals surface area contributed by atoms with Crippen molar-refractivity contribution in [2.45, 2.75) is 20.0 Å². The van der Waals surface area contributed by atoms with Crippen LogP contribution < -0.4 is 10.4 Å². The molecule has 5 heterocycles. The average Bonchev–Trinajstić information content (AvgIpc) is 4.17. The number of hydrogen-bond donors (Lipinski definition) is 0. The van der Waals surface area contributed by atoms with E-state index in [1.807, 2.05) is 12.1 Å². The summed E-state index contributed by atoms with van der Waals surface area (Å²) in [6.45, 7) is 7.12. The molecule has 0 radical (unpaired) electrons.